The van der Waals surface area contributed by atoms with E-state index in [0.717, 1.165) is 151 Å². The predicted octanol–water partition coefficient (Wildman–Crippen LogP) is 34.6. The van der Waals surface area contributed by atoms with Crippen molar-refractivity contribution in [2.75, 3.05) is 0 Å². The molecular weight excluding hydrogens is 1830 g/mol. The highest BCUT2D eigenvalue weighted by molar-refractivity contribution is 5.99. The molecule has 0 N–H and O–H groups in total. The minimum atomic E-state index is -0.119. The highest BCUT2D eigenvalue weighted by atomic mass is 15.1. The zero-order valence-corrected chi connectivity index (χ0v) is 84.0. The summed E-state index contributed by atoms with van der Waals surface area (Å²) < 4.78 is 6.68. The van der Waals surface area contributed by atoms with Gasteiger partial charge in [-0.15, -0.1) is 0 Å². The monoisotopic (exact) mass is 1940 g/mol. The Morgan fingerprint density at radius 3 is 0.847 bits per heavy atom. The van der Waals surface area contributed by atoms with E-state index in [1.165, 1.54) is 134 Å². The third-order valence-corrected chi connectivity index (χ3v) is 33.4. The minimum absolute atomic E-state index is 0. The van der Waals surface area contributed by atoms with E-state index in [0.29, 0.717) is 0 Å². The van der Waals surface area contributed by atoms with Gasteiger partial charge in [-0.1, -0.05) is 384 Å². The molecule has 726 valence electrons. The van der Waals surface area contributed by atoms with Crippen LogP contribution in [-0.4, -0.2) is 58.1 Å². The van der Waals surface area contributed by atoms with Crippen molar-refractivity contribution in [2.45, 2.75) is 138 Å². The third-order valence-electron chi connectivity index (χ3n) is 33.4. The van der Waals surface area contributed by atoms with Gasteiger partial charge in [0.2, 0.25) is 0 Å². The molecule has 0 amide bonds. The molecule has 0 spiro atoms. The van der Waals surface area contributed by atoms with Crippen LogP contribution in [0, 0.1) is 0 Å². The molecule has 15 aromatic carbocycles. The number of para-hydroxylation sites is 1. The van der Waals surface area contributed by atoms with Crippen molar-refractivity contribution in [2.24, 2.45) is 0 Å². The van der Waals surface area contributed by atoms with E-state index in [2.05, 4.69) is 452 Å². The largest absolute Gasteiger partial charge is 0.296 e. The molecule has 0 bridgehead atoms. The first-order valence-corrected chi connectivity index (χ1v) is 51.1. The van der Waals surface area contributed by atoms with Crippen molar-refractivity contribution < 1.29 is 0 Å². The Hall–Kier alpha value is -17.6. The molecule has 0 saturated heterocycles. The minimum Gasteiger partial charge on any atom is -0.296 e. The van der Waals surface area contributed by atoms with Crippen molar-refractivity contribution in [3.05, 3.63) is 468 Å². The predicted molar refractivity (Wildman–Crippen MR) is 619 cm³/mol. The van der Waals surface area contributed by atoms with Crippen LogP contribution in [0.2, 0.25) is 0 Å². The number of pyridine rings is 3. The lowest BCUT2D eigenvalue weighted by Crippen LogP contribution is -2.15. The molecule has 0 saturated carbocycles. The van der Waals surface area contributed by atoms with Crippen LogP contribution in [0.4, 0.5) is 0 Å². The summed E-state index contributed by atoms with van der Waals surface area (Å²) in [6.45, 7) is 27.9. The first-order chi connectivity index (χ1) is 71.4. The molecular formula is C138H114N12. The zero-order chi connectivity index (χ0) is 99.2. The zero-order valence-electron chi connectivity index (χ0n) is 84.0. The molecule has 9 heterocycles. The van der Waals surface area contributed by atoms with Gasteiger partial charge in [-0.25, -0.2) is 29.9 Å². The van der Waals surface area contributed by atoms with Crippen LogP contribution >= 0.6 is 0 Å². The molecule has 12 heteroatoms. The maximum Gasteiger partial charge on any atom is 0.164 e. The molecule has 0 aliphatic heterocycles. The van der Waals surface area contributed by atoms with E-state index in [-0.39, 0.29) is 54.8 Å². The van der Waals surface area contributed by atoms with E-state index < -0.39 is 0 Å². The van der Waals surface area contributed by atoms with E-state index in [1.54, 1.807) is 0 Å². The fourth-order valence-electron chi connectivity index (χ4n) is 25.6. The first-order valence-electron chi connectivity index (χ1n) is 51.1. The van der Waals surface area contributed by atoms with Crippen molar-refractivity contribution in [1.29, 1.82) is 0 Å². The number of benzene rings is 15. The van der Waals surface area contributed by atoms with E-state index in [9.17, 15) is 0 Å². The fourth-order valence-corrected chi connectivity index (χ4v) is 25.6. The van der Waals surface area contributed by atoms with Crippen LogP contribution in [0.3, 0.4) is 0 Å². The second-order valence-corrected chi connectivity index (χ2v) is 43.7. The van der Waals surface area contributed by atoms with Crippen molar-refractivity contribution in [3.63, 3.8) is 0 Å². The van der Waals surface area contributed by atoms with Crippen molar-refractivity contribution in [1.82, 2.24) is 58.1 Å². The van der Waals surface area contributed by atoms with Crippen LogP contribution in [-0.2, 0) is 32.5 Å². The maximum absolute atomic E-state index is 5.46. The summed E-state index contributed by atoms with van der Waals surface area (Å²) in [5, 5.41) is 3.32. The Labute approximate surface area is 875 Å². The average molecular weight is 1940 g/mol. The summed E-state index contributed by atoms with van der Waals surface area (Å²) in [4.78, 5) is 45.6. The Kier molecular flexibility index (Phi) is 21.3. The van der Waals surface area contributed by atoms with E-state index in [1.807, 2.05) is 55.4 Å². The molecule has 24 aromatic rings. The van der Waals surface area contributed by atoms with Crippen LogP contribution in [0.15, 0.2) is 402 Å². The van der Waals surface area contributed by atoms with Crippen LogP contribution < -0.4 is 0 Å². The van der Waals surface area contributed by atoms with Crippen molar-refractivity contribution >= 4 is 49.7 Å². The summed E-state index contributed by atoms with van der Waals surface area (Å²) in [6.07, 6.45) is 18.0. The summed E-state index contributed by atoms with van der Waals surface area (Å²) >= 11 is 0. The summed E-state index contributed by atoms with van der Waals surface area (Å²) in [5.41, 5.74) is 54.6. The smallest absolute Gasteiger partial charge is 0.164 e. The van der Waals surface area contributed by atoms with Gasteiger partial charge >= 0.3 is 0 Å². The number of hydrogen-bond acceptors (Lipinski definition) is 9. The van der Waals surface area contributed by atoms with Gasteiger partial charge in [0.05, 0.1) is 69.3 Å². The van der Waals surface area contributed by atoms with Crippen molar-refractivity contribution in [3.8, 4) is 168 Å². The molecule has 150 heavy (non-hydrogen) atoms. The van der Waals surface area contributed by atoms with Gasteiger partial charge in [0, 0.05) is 136 Å². The number of nitrogens with zero attached hydrogens (tertiary/aromatic N) is 12. The number of fused-ring (bicyclic) bond motifs is 24. The Bertz CT molecular complexity index is 9400. The SMILES string of the molecule is C.C.C.CC1(C)c2ccccc2-c2ccc(-c3cn4c(-c5ccc6cccnc6c5)cnc4c(-c4ccc5c(c4)C(C)(C)c4ccccc4-5)n3)cc21.CC1(C)c2ccccc2-c2ccc(-c3cn4c(-c5cccc6cccnc56)cnc4c(-c4ccc5c(c4)C(C)(C)c4ccccc4-5)n3)cc21.CC1(C)c2ccccc2-c2ccc(-c3cn4c(-c5cccc6ncccc56)cnc4c(-c4ccc5c(c4)C(C)(C)c4ccccc4-5)n3)cc21. The molecule has 0 atom stereocenters. The number of rotatable bonds is 9. The quantitative estimate of drug-likeness (QED) is 0.139. The van der Waals surface area contributed by atoms with Gasteiger partial charge < -0.3 is 0 Å². The van der Waals surface area contributed by atoms with Gasteiger partial charge in [-0.3, -0.25) is 28.2 Å². The van der Waals surface area contributed by atoms with Crippen LogP contribution in [0.25, 0.3) is 218 Å². The number of aromatic nitrogens is 12. The Balaban J connectivity index is 0.000000115. The highest BCUT2D eigenvalue weighted by Gasteiger charge is 2.43. The number of imidazole rings is 3. The van der Waals surface area contributed by atoms with E-state index >= 15 is 0 Å². The molecule has 30 rings (SSSR count). The number of hydrogen-bond donors (Lipinski definition) is 0. The lowest BCUT2D eigenvalue weighted by molar-refractivity contribution is 0.660. The van der Waals surface area contributed by atoms with E-state index in [4.69, 9.17) is 34.9 Å². The normalized spacial score (nSPS) is 14.6. The van der Waals surface area contributed by atoms with Crippen LogP contribution in [0.5, 0.6) is 0 Å². The van der Waals surface area contributed by atoms with Gasteiger partial charge in [0.25, 0.3) is 0 Å². The van der Waals surface area contributed by atoms with Gasteiger partial charge in [0.1, 0.15) is 17.1 Å². The average Bonchev–Trinajstić information content (AvgIpc) is 1.57. The fraction of sp³-hybridized carbons (Fsp3) is 0.152. The highest BCUT2D eigenvalue weighted by Crippen LogP contribution is 2.58. The maximum atomic E-state index is 5.46. The summed E-state index contributed by atoms with van der Waals surface area (Å²) in [5.74, 6) is 0. The van der Waals surface area contributed by atoms with Gasteiger partial charge in [0.15, 0.2) is 16.9 Å². The molecule has 0 radical (unpaired) electrons. The lowest BCUT2D eigenvalue weighted by Gasteiger charge is -2.22. The summed E-state index contributed by atoms with van der Waals surface area (Å²) in [6, 6.07) is 125. The molecule has 12 nitrogen and oxygen atoms in total. The molecule has 9 aromatic heterocycles. The first kappa shape index (κ1) is 93.4. The van der Waals surface area contributed by atoms with Gasteiger partial charge in [-0.05, 0) is 200 Å². The molecule has 6 aliphatic rings. The Morgan fingerprint density at radius 1 is 0.193 bits per heavy atom. The lowest BCUT2D eigenvalue weighted by atomic mass is 9.81. The molecule has 6 aliphatic carbocycles. The standard InChI is InChI=1S/3C45H34N4.3CH4/c1-44(2)35-16-7-5-13-30(35)32-20-18-28(23-37(32)44)39-26-49-40(34-15-9-11-27-12-10-22-46-41(27)34)25-47-43(49)42(48-39)29-19-21-33-31-14-6-8-17-36(31)45(3,4)38(33)24-29;1-44(2)35-15-7-5-11-29(35)31-20-18-27(23-37(31)44)40-26-49-41(34-13-9-17-39-33(34)14-10-22-46-39)25-47-43(49)42(48-40)28-19-21-32-30-12-6-8-16-36(30)45(3,4)38(32)24-28;1-44(2)35-13-7-5-11-31(35)33-19-17-28(22-37(33)44)40-26-49-41(29-16-15-27-10-9-21-46-39(27)24-29)25-47-43(49)42(48-40)30-18-20-34-32-12-6-8-14-36(32)45(3,4)38(34)23-30;;;/h3*5-26H,1-4H3;3*1H4. The van der Waals surface area contributed by atoms with Gasteiger partial charge in [-0.2, -0.15) is 0 Å². The Morgan fingerprint density at radius 2 is 0.467 bits per heavy atom. The topological polar surface area (TPSA) is 129 Å². The molecule has 0 unspecified atom stereocenters. The molecule has 0 fully saturated rings. The second-order valence-electron chi connectivity index (χ2n) is 43.7. The second kappa shape index (κ2) is 34.2. The van der Waals surface area contributed by atoms with Crippen LogP contribution in [0.1, 0.15) is 172 Å². The third kappa shape index (κ3) is 14.0. The summed E-state index contributed by atoms with van der Waals surface area (Å²) in [7, 11) is 0.